The number of thiophene rings is 1. The third-order valence-corrected chi connectivity index (χ3v) is 7.06. The first-order valence-corrected chi connectivity index (χ1v) is 10.1. The Hall–Kier alpha value is -2.09. The molecule has 1 aromatic carbocycles. The highest BCUT2D eigenvalue weighted by molar-refractivity contribution is 7.91. The van der Waals surface area contributed by atoms with Crippen LogP contribution in [0, 0.1) is 0 Å². The van der Waals surface area contributed by atoms with Gasteiger partial charge in [-0.3, -0.25) is 4.79 Å². The summed E-state index contributed by atoms with van der Waals surface area (Å²) in [6.07, 6.45) is 1.39. The van der Waals surface area contributed by atoms with Gasteiger partial charge in [0.05, 0.1) is 11.2 Å². The van der Waals surface area contributed by atoms with Crippen LogP contribution >= 0.6 is 22.9 Å². The second-order valence-corrected chi connectivity index (χ2v) is 8.74. The normalized spacial score (nSPS) is 12.7. The first-order valence-electron chi connectivity index (χ1n) is 7.33. The number of hydrogen-bond donors (Lipinski definition) is 1. The monoisotopic (exact) mass is 395 g/mol. The van der Waals surface area contributed by atoms with E-state index in [0.717, 1.165) is 0 Å². The number of rotatable bonds is 6. The topological polar surface area (TPSA) is 76.4 Å². The molecule has 2 heterocycles. The van der Waals surface area contributed by atoms with Gasteiger partial charge in [0.1, 0.15) is 5.25 Å². The molecule has 0 aliphatic rings. The Kier molecular flexibility index (Phi) is 5.27. The van der Waals surface area contributed by atoms with Gasteiger partial charge in [0.2, 0.25) is 0 Å². The lowest BCUT2D eigenvalue weighted by Crippen LogP contribution is -2.31. The minimum Gasteiger partial charge on any atom is -0.459 e. The molecule has 3 rings (SSSR count). The van der Waals surface area contributed by atoms with Crippen molar-refractivity contribution in [2.75, 3.05) is 6.54 Å². The van der Waals surface area contributed by atoms with Gasteiger partial charge in [-0.05, 0) is 47.8 Å². The smallest absolute Gasteiger partial charge is 0.287 e. The number of hydrogen-bond acceptors (Lipinski definition) is 5. The van der Waals surface area contributed by atoms with Crippen LogP contribution < -0.4 is 5.32 Å². The lowest BCUT2D eigenvalue weighted by molar-refractivity contribution is 0.0926. The highest BCUT2D eigenvalue weighted by Gasteiger charge is 2.30. The lowest BCUT2D eigenvalue weighted by atomic mass is 10.3. The fraction of sp³-hybridized carbons (Fsp3) is 0.118. The summed E-state index contributed by atoms with van der Waals surface area (Å²) in [5.74, 6) is -0.327. The molecule has 0 fully saturated rings. The molecule has 8 heteroatoms. The van der Waals surface area contributed by atoms with Crippen LogP contribution in [0.25, 0.3) is 0 Å². The second-order valence-electron chi connectivity index (χ2n) is 5.19. The van der Waals surface area contributed by atoms with Crippen LogP contribution in [0.2, 0.25) is 5.02 Å². The summed E-state index contributed by atoms with van der Waals surface area (Å²) in [4.78, 5) is 12.9. The molecule has 0 saturated heterocycles. The van der Waals surface area contributed by atoms with Crippen LogP contribution in [0.5, 0.6) is 0 Å². The Labute approximate surface area is 154 Å². The van der Waals surface area contributed by atoms with Gasteiger partial charge in [-0.1, -0.05) is 17.7 Å². The maximum atomic E-state index is 13.0. The highest BCUT2D eigenvalue weighted by atomic mass is 35.5. The van der Waals surface area contributed by atoms with E-state index in [1.54, 1.807) is 23.6 Å². The maximum Gasteiger partial charge on any atom is 0.287 e. The summed E-state index contributed by atoms with van der Waals surface area (Å²) >= 11 is 7.17. The zero-order valence-corrected chi connectivity index (χ0v) is 15.3. The molecule has 130 valence electrons. The Balaban J connectivity index is 1.87. The largest absolute Gasteiger partial charge is 0.459 e. The van der Waals surface area contributed by atoms with Crippen molar-refractivity contribution in [3.63, 3.8) is 0 Å². The Morgan fingerprint density at radius 1 is 1.16 bits per heavy atom. The molecular weight excluding hydrogens is 382 g/mol. The van der Waals surface area contributed by atoms with Gasteiger partial charge in [-0.25, -0.2) is 8.42 Å². The Bertz CT molecular complexity index is 933. The summed E-state index contributed by atoms with van der Waals surface area (Å²) in [7, 11) is -3.70. The van der Waals surface area contributed by atoms with Gasteiger partial charge < -0.3 is 9.73 Å². The van der Waals surface area contributed by atoms with Crippen molar-refractivity contribution in [3.05, 3.63) is 75.8 Å². The average Bonchev–Trinajstić information content (AvgIpc) is 3.29. The standard InChI is InChI=1S/C17H14ClNO4S2/c18-12-5-7-13(8-6-12)25(21,22)16(15-4-2-10-24-15)11-19-17(20)14-3-1-9-23-14/h1-10,16H,11H2,(H,19,20). The number of benzene rings is 1. The van der Waals surface area contributed by atoms with Gasteiger partial charge in [0, 0.05) is 16.4 Å². The summed E-state index contributed by atoms with van der Waals surface area (Å²) < 4.78 is 31.1. The molecule has 1 N–H and O–H groups in total. The van der Waals surface area contributed by atoms with Crippen LogP contribution in [0.1, 0.15) is 20.7 Å². The number of amides is 1. The lowest BCUT2D eigenvalue weighted by Gasteiger charge is -2.17. The third-order valence-electron chi connectivity index (χ3n) is 3.57. The van der Waals surface area contributed by atoms with Crippen LogP contribution in [0.4, 0.5) is 0 Å². The Morgan fingerprint density at radius 3 is 2.52 bits per heavy atom. The molecule has 0 saturated carbocycles. The van der Waals surface area contributed by atoms with Crippen LogP contribution in [0.15, 0.2) is 69.5 Å². The van der Waals surface area contributed by atoms with Crippen molar-refractivity contribution < 1.29 is 17.6 Å². The van der Waals surface area contributed by atoms with Crippen LogP contribution in [0.3, 0.4) is 0 Å². The minimum atomic E-state index is -3.70. The van der Waals surface area contributed by atoms with Gasteiger partial charge in [0.25, 0.3) is 5.91 Å². The van der Waals surface area contributed by atoms with Gasteiger partial charge >= 0.3 is 0 Å². The number of sulfone groups is 1. The van der Waals surface area contributed by atoms with Crippen molar-refractivity contribution in [1.82, 2.24) is 5.32 Å². The van der Waals surface area contributed by atoms with E-state index in [2.05, 4.69) is 5.32 Å². The molecule has 0 aliphatic heterocycles. The van der Waals surface area contributed by atoms with Crippen molar-refractivity contribution in [1.29, 1.82) is 0 Å². The van der Waals surface area contributed by atoms with E-state index in [1.807, 2.05) is 0 Å². The fourth-order valence-electron chi connectivity index (χ4n) is 2.31. The molecule has 1 amide bonds. The minimum absolute atomic E-state index is 0.0645. The first kappa shape index (κ1) is 17.7. The van der Waals surface area contributed by atoms with Crippen molar-refractivity contribution in [2.45, 2.75) is 10.1 Å². The molecule has 1 atom stereocenters. The predicted octanol–water partition coefficient (Wildman–Crippen LogP) is 3.94. The molecule has 25 heavy (non-hydrogen) atoms. The van der Waals surface area contributed by atoms with E-state index in [-0.39, 0.29) is 17.2 Å². The number of carbonyl (C=O) groups is 1. The summed E-state index contributed by atoms with van der Waals surface area (Å²) in [5, 5.41) is 3.99. The SMILES string of the molecule is O=C(NCC(c1cccs1)S(=O)(=O)c1ccc(Cl)cc1)c1ccco1. The van der Waals surface area contributed by atoms with E-state index >= 15 is 0 Å². The zero-order chi connectivity index (χ0) is 17.9. The highest BCUT2D eigenvalue weighted by Crippen LogP contribution is 2.32. The number of carbonyl (C=O) groups excluding carboxylic acids is 1. The van der Waals surface area contributed by atoms with Crippen molar-refractivity contribution >= 4 is 38.7 Å². The fourth-order valence-corrected chi connectivity index (χ4v) is 5.22. The third kappa shape index (κ3) is 3.95. The zero-order valence-electron chi connectivity index (χ0n) is 12.9. The van der Waals surface area contributed by atoms with E-state index in [4.69, 9.17) is 16.0 Å². The molecule has 3 aromatic rings. The van der Waals surface area contributed by atoms with E-state index in [1.165, 1.54) is 47.9 Å². The maximum absolute atomic E-state index is 13.0. The molecule has 0 bridgehead atoms. The Morgan fingerprint density at radius 2 is 1.92 bits per heavy atom. The average molecular weight is 396 g/mol. The van der Waals surface area contributed by atoms with Gasteiger partial charge in [-0.15, -0.1) is 11.3 Å². The number of halogens is 1. The second kappa shape index (κ2) is 7.43. The summed E-state index contributed by atoms with van der Waals surface area (Å²) in [6.45, 7) is -0.0645. The van der Waals surface area contributed by atoms with Crippen molar-refractivity contribution in [3.8, 4) is 0 Å². The molecule has 5 nitrogen and oxygen atoms in total. The molecule has 0 aliphatic carbocycles. The molecule has 1 unspecified atom stereocenters. The number of furan rings is 1. The predicted molar refractivity (Wildman–Crippen MR) is 96.7 cm³/mol. The molecule has 2 aromatic heterocycles. The molecular formula is C17H14ClNO4S2. The molecule has 0 spiro atoms. The van der Waals surface area contributed by atoms with E-state index in [0.29, 0.717) is 9.90 Å². The van der Waals surface area contributed by atoms with Gasteiger partial charge in [0.15, 0.2) is 15.6 Å². The van der Waals surface area contributed by atoms with Crippen LogP contribution in [-0.4, -0.2) is 20.9 Å². The molecule has 0 radical (unpaired) electrons. The van der Waals surface area contributed by atoms with Gasteiger partial charge in [-0.2, -0.15) is 0 Å². The van der Waals surface area contributed by atoms with Crippen LogP contribution in [-0.2, 0) is 9.84 Å². The number of nitrogens with one attached hydrogen (secondary N) is 1. The quantitative estimate of drug-likeness (QED) is 0.685. The first-order chi connectivity index (χ1) is 12.0. The summed E-state index contributed by atoms with van der Waals surface area (Å²) in [5.41, 5.74) is 0. The summed E-state index contributed by atoms with van der Waals surface area (Å²) in [6, 6.07) is 12.6. The van der Waals surface area contributed by atoms with Crippen molar-refractivity contribution in [2.24, 2.45) is 0 Å². The van der Waals surface area contributed by atoms with E-state index in [9.17, 15) is 13.2 Å². The van der Waals surface area contributed by atoms with E-state index < -0.39 is 21.0 Å².